The van der Waals surface area contributed by atoms with Crippen LogP contribution in [0.2, 0.25) is 0 Å². The van der Waals surface area contributed by atoms with Crippen LogP contribution >= 0.6 is 11.3 Å². The van der Waals surface area contributed by atoms with Gasteiger partial charge in [-0.05, 0) is 31.2 Å². The zero-order valence-corrected chi connectivity index (χ0v) is 10.7. The maximum absolute atomic E-state index is 5.57. The van der Waals surface area contributed by atoms with Gasteiger partial charge < -0.3 is 9.47 Å². The lowest BCUT2D eigenvalue weighted by molar-refractivity contribution is 0.302. The highest BCUT2D eigenvalue weighted by Gasteiger charge is 2.03. The second-order valence-corrected chi connectivity index (χ2v) is 4.40. The standard InChI is InChI=1S/C11H14N4O2S/c1-2-16-8-3-5-9(6-4-8)17-7-10-14-15-11(13-12)18-10/h3-6H,2,7,12H2,1H3,(H,13,15). The van der Waals surface area contributed by atoms with Crippen LogP contribution < -0.4 is 20.7 Å². The molecule has 1 heterocycles. The average Bonchev–Trinajstić information content (AvgIpc) is 2.86. The molecule has 0 bridgehead atoms. The van der Waals surface area contributed by atoms with E-state index in [1.54, 1.807) is 0 Å². The number of benzene rings is 1. The van der Waals surface area contributed by atoms with Crippen LogP contribution in [0.15, 0.2) is 24.3 Å². The third-order valence-corrected chi connectivity index (χ3v) is 2.92. The Bertz CT molecular complexity index is 486. The minimum Gasteiger partial charge on any atom is -0.494 e. The Labute approximate surface area is 109 Å². The van der Waals surface area contributed by atoms with E-state index in [2.05, 4.69) is 15.6 Å². The SMILES string of the molecule is CCOc1ccc(OCc2nnc(NN)s2)cc1. The molecule has 0 fully saturated rings. The number of nitrogens with two attached hydrogens (primary N) is 1. The van der Waals surface area contributed by atoms with Gasteiger partial charge in [-0.25, -0.2) is 5.84 Å². The Morgan fingerprint density at radius 3 is 2.39 bits per heavy atom. The van der Waals surface area contributed by atoms with Crippen LogP contribution in [0.1, 0.15) is 11.9 Å². The molecule has 0 aliphatic heterocycles. The zero-order valence-electron chi connectivity index (χ0n) is 9.92. The summed E-state index contributed by atoms with van der Waals surface area (Å²) in [5.74, 6) is 6.81. The van der Waals surface area contributed by atoms with E-state index in [-0.39, 0.29) is 0 Å². The van der Waals surface area contributed by atoms with Crippen LogP contribution in [0.3, 0.4) is 0 Å². The molecule has 0 saturated heterocycles. The summed E-state index contributed by atoms with van der Waals surface area (Å²) in [5.41, 5.74) is 2.44. The van der Waals surface area contributed by atoms with E-state index in [4.69, 9.17) is 15.3 Å². The molecule has 0 saturated carbocycles. The number of nitrogens with zero attached hydrogens (tertiary/aromatic N) is 2. The predicted molar refractivity (Wildman–Crippen MR) is 69.7 cm³/mol. The molecular weight excluding hydrogens is 252 g/mol. The van der Waals surface area contributed by atoms with E-state index >= 15 is 0 Å². The number of hydrazine groups is 1. The molecule has 0 amide bonds. The van der Waals surface area contributed by atoms with Gasteiger partial charge in [0.1, 0.15) is 18.1 Å². The zero-order chi connectivity index (χ0) is 12.8. The summed E-state index contributed by atoms with van der Waals surface area (Å²) in [5, 5.41) is 9.07. The summed E-state index contributed by atoms with van der Waals surface area (Å²) in [7, 11) is 0. The molecule has 1 aromatic carbocycles. The van der Waals surface area contributed by atoms with Crippen molar-refractivity contribution in [2.75, 3.05) is 12.0 Å². The Balaban J connectivity index is 1.89. The number of aromatic nitrogens is 2. The van der Waals surface area contributed by atoms with Gasteiger partial charge in [-0.15, -0.1) is 10.2 Å². The molecule has 18 heavy (non-hydrogen) atoms. The van der Waals surface area contributed by atoms with E-state index in [0.29, 0.717) is 18.3 Å². The predicted octanol–water partition coefficient (Wildman–Crippen LogP) is 1.80. The highest BCUT2D eigenvalue weighted by Crippen LogP contribution is 2.20. The molecule has 0 radical (unpaired) electrons. The average molecular weight is 266 g/mol. The van der Waals surface area contributed by atoms with Crippen molar-refractivity contribution >= 4 is 16.5 Å². The van der Waals surface area contributed by atoms with Crippen LogP contribution in [0, 0.1) is 0 Å². The first-order valence-corrected chi connectivity index (χ1v) is 6.28. The van der Waals surface area contributed by atoms with Crippen LogP contribution in [0.5, 0.6) is 11.5 Å². The van der Waals surface area contributed by atoms with Crippen molar-refractivity contribution < 1.29 is 9.47 Å². The fourth-order valence-electron chi connectivity index (χ4n) is 1.31. The monoisotopic (exact) mass is 266 g/mol. The molecular formula is C11H14N4O2S. The first-order chi connectivity index (χ1) is 8.81. The van der Waals surface area contributed by atoms with Gasteiger partial charge in [0.2, 0.25) is 5.13 Å². The number of hydrogen-bond donors (Lipinski definition) is 2. The van der Waals surface area contributed by atoms with Crippen molar-refractivity contribution in [2.45, 2.75) is 13.5 Å². The topological polar surface area (TPSA) is 82.3 Å². The van der Waals surface area contributed by atoms with E-state index in [9.17, 15) is 0 Å². The van der Waals surface area contributed by atoms with Crippen molar-refractivity contribution in [1.82, 2.24) is 10.2 Å². The van der Waals surface area contributed by atoms with Gasteiger partial charge in [-0.2, -0.15) is 0 Å². The molecule has 2 rings (SSSR count). The number of rotatable bonds is 6. The number of nitrogen functional groups attached to an aromatic ring is 1. The van der Waals surface area contributed by atoms with Gasteiger partial charge in [0.05, 0.1) is 6.61 Å². The summed E-state index contributed by atoms with van der Waals surface area (Å²) >= 11 is 1.36. The van der Waals surface area contributed by atoms with Crippen molar-refractivity contribution in [1.29, 1.82) is 0 Å². The fraction of sp³-hybridized carbons (Fsp3) is 0.273. The van der Waals surface area contributed by atoms with E-state index in [1.165, 1.54) is 11.3 Å². The summed E-state index contributed by atoms with van der Waals surface area (Å²) in [4.78, 5) is 0. The molecule has 7 heteroatoms. The maximum atomic E-state index is 5.57. The van der Waals surface area contributed by atoms with E-state index < -0.39 is 0 Å². The Kier molecular flexibility index (Phi) is 4.32. The minimum absolute atomic E-state index is 0.368. The van der Waals surface area contributed by atoms with Crippen molar-refractivity contribution in [3.05, 3.63) is 29.3 Å². The first-order valence-electron chi connectivity index (χ1n) is 5.46. The summed E-state index contributed by atoms with van der Waals surface area (Å²) < 4.78 is 10.9. The molecule has 0 aliphatic carbocycles. The molecule has 96 valence electrons. The van der Waals surface area contributed by atoms with Crippen molar-refractivity contribution in [3.8, 4) is 11.5 Å². The fourth-order valence-corrected chi connectivity index (χ4v) is 1.88. The third kappa shape index (κ3) is 3.31. The van der Waals surface area contributed by atoms with Crippen LogP contribution in [0.4, 0.5) is 5.13 Å². The Morgan fingerprint density at radius 1 is 1.17 bits per heavy atom. The van der Waals surface area contributed by atoms with Gasteiger partial charge in [0, 0.05) is 0 Å². The van der Waals surface area contributed by atoms with E-state index in [1.807, 2.05) is 31.2 Å². The van der Waals surface area contributed by atoms with Gasteiger partial charge in [-0.3, -0.25) is 5.43 Å². The second kappa shape index (κ2) is 6.18. The highest BCUT2D eigenvalue weighted by atomic mass is 32.1. The normalized spacial score (nSPS) is 10.1. The van der Waals surface area contributed by atoms with Gasteiger partial charge in [0.25, 0.3) is 0 Å². The molecule has 3 N–H and O–H groups in total. The maximum Gasteiger partial charge on any atom is 0.219 e. The van der Waals surface area contributed by atoms with Crippen LogP contribution in [-0.2, 0) is 6.61 Å². The van der Waals surface area contributed by atoms with E-state index in [0.717, 1.165) is 16.5 Å². The Hall–Kier alpha value is -1.86. The lowest BCUT2D eigenvalue weighted by atomic mass is 10.3. The summed E-state index contributed by atoms with van der Waals surface area (Å²) in [6.07, 6.45) is 0. The smallest absolute Gasteiger partial charge is 0.219 e. The van der Waals surface area contributed by atoms with Crippen LogP contribution in [0.25, 0.3) is 0 Å². The Morgan fingerprint density at radius 2 is 1.83 bits per heavy atom. The van der Waals surface area contributed by atoms with Gasteiger partial charge in [0.15, 0.2) is 5.01 Å². The first kappa shape index (κ1) is 12.6. The third-order valence-electron chi connectivity index (χ3n) is 2.09. The van der Waals surface area contributed by atoms with Crippen molar-refractivity contribution in [3.63, 3.8) is 0 Å². The quantitative estimate of drug-likeness (QED) is 0.613. The minimum atomic E-state index is 0.368. The number of ether oxygens (including phenoxy) is 2. The molecule has 0 atom stereocenters. The molecule has 0 aliphatic rings. The highest BCUT2D eigenvalue weighted by molar-refractivity contribution is 7.15. The number of nitrogens with one attached hydrogen (secondary N) is 1. The summed E-state index contributed by atoms with van der Waals surface area (Å²) in [6, 6.07) is 7.44. The lowest BCUT2D eigenvalue weighted by Crippen LogP contribution is -2.05. The number of anilines is 1. The van der Waals surface area contributed by atoms with Gasteiger partial charge in [-0.1, -0.05) is 11.3 Å². The lowest BCUT2D eigenvalue weighted by Gasteiger charge is -2.05. The molecule has 2 aromatic rings. The largest absolute Gasteiger partial charge is 0.494 e. The van der Waals surface area contributed by atoms with Gasteiger partial charge >= 0.3 is 0 Å². The number of hydrogen-bond acceptors (Lipinski definition) is 7. The summed E-state index contributed by atoms with van der Waals surface area (Å²) in [6.45, 7) is 2.97. The molecule has 0 unspecified atom stereocenters. The van der Waals surface area contributed by atoms with Crippen molar-refractivity contribution in [2.24, 2.45) is 5.84 Å². The second-order valence-electron chi connectivity index (χ2n) is 3.34. The molecule has 0 spiro atoms. The molecule has 6 nitrogen and oxygen atoms in total. The van der Waals surface area contributed by atoms with Crippen LogP contribution in [-0.4, -0.2) is 16.8 Å². The molecule has 1 aromatic heterocycles.